The molecule has 1 amide bonds. The highest BCUT2D eigenvalue weighted by molar-refractivity contribution is 7.98. The molecular formula is C21H22N2O3S2. The van der Waals surface area contributed by atoms with Crippen molar-refractivity contribution in [3.63, 3.8) is 0 Å². The Morgan fingerprint density at radius 2 is 2.00 bits per heavy atom. The summed E-state index contributed by atoms with van der Waals surface area (Å²) < 4.78 is 11.0. The molecule has 0 radical (unpaired) electrons. The van der Waals surface area contributed by atoms with Crippen LogP contribution < -0.4 is 14.8 Å². The molecule has 0 unspecified atom stereocenters. The molecule has 0 atom stereocenters. The maximum absolute atomic E-state index is 12.6. The summed E-state index contributed by atoms with van der Waals surface area (Å²) in [4.78, 5) is 18.2. The number of amides is 1. The van der Waals surface area contributed by atoms with Crippen LogP contribution in [0.2, 0.25) is 0 Å². The number of aromatic nitrogens is 1. The minimum absolute atomic E-state index is 0.242. The van der Waals surface area contributed by atoms with E-state index >= 15 is 0 Å². The topological polar surface area (TPSA) is 60.5 Å². The first-order valence-corrected chi connectivity index (χ1v) is 11.0. The Hall–Kier alpha value is -2.51. The van der Waals surface area contributed by atoms with E-state index in [1.165, 1.54) is 11.3 Å². The molecule has 5 nitrogen and oxygen atoms in total. The minimum atomic E-state index is -0.242. The first-order valence-electron chi connectivity index (χ1n) is 8.86. The third kappa shape index (κ3) is 4.85. The van der Waals surface area contributed by atoms with Crippen LogP contribution in [0.15, 0.2) is 52.7 Å². The predicted octanol–water partition coefficient (Wildman–Crippen LogP) is 5.58. The molecule has 28 heavy (non-hydrogen) atoms. The standard InChI is InChI=1S/C21H22N2O3S2/c1-4-11-26-15-7-5-14(6-8-15)18-13-28-21(22-18)23-20(24)17-10-9-16(27-3)12-19(17)25-2/h5-10,12-13H,4,11H2,1-3H3,(H,22,23,24). The van der Waals surface area contributed by atoms with Gasteiger partial charge in [-0.25, -0.2) is 4.98 Å². The van der Waals surface area contributed by atoms with E-state index in [1.54, 1.807) is 24.9 Å². The van der Waals surface area contributed by atoms with Crippen LogP contribution in [0.5, 0.6) is 11.5 Å². The second kappa shape index (κ2) is 9.61. The summed E-state index contributed by atoms with van der Waals surface area (Å²) in [6.07, 6.45) is 2.95. The summed E-state index contributed by atoms with van der Waals surface area (Å²) >= 11 is 2.99. The highest BCUT2D eigenvalue weighted by Gasteiger charge is 2.15. The average molecular weight is 415 g/mol. The summed E-state index contributed by atoms with van der Waals surface area (Å²) in [7, 11) is 1.56. The number of nitrogens with one attached hydrogen (secondary N) is 1. The molecule has 1 N–H and O–H groups in total. The first-order chi connectivity index (χ1) is 13.6. The number of anilines is 1. The van der Waals surface area contributed by atoms with E-state index in [0.717, 1.165) is 28.3 Å². The predicted molar refractivity (Wildman–Crippen MR) is 116 cm³/mol. The Morgan fingerprint density at radius 3 is 2.68 bits per heavy atom. The molecule has 0 aliphatic carbocycles. The van der Waals surface area contributed by atoms with Gasteiger partial charge in [-0.2, -0.15) is 0 Å². The van der Waals surface area contributed by atoms with Gasteiger partial charge in [0.1, 0.15) is 11.5 Å². The minimum Gasteiger partial charge on any atom is -0.496 e. The number of benzene rings is 2. The number of nitrogens with zero attached hydrogens (tertiary/aromatic N) is 1. The normalized spacial score (nSPS) is 10.5. The molecule has 3 aromatic rings. The van der Waals surface area contributed by atoms with Gasteiger partial charge in [0.15, 0.2) is 5.13 Å². The van der Waals surface area contributed by atoms with E-state index in [4.69, 9.17) is 9.47 Å². The maximum Gasteiger partial charge on any atom is 0.261 e. The lowest BCUT2D eigenvalue weighted by Gasteiger charge is -2.09. The molecular weight excluding hydrogens is 392 g/mol. The zero-order chi connectivity index (χ0) is 19.9. The van der Waals surface area contributed by atoms with Crippen molar-refractivity contribution < 1.29 is 14.3 Å². The van der Waals surface area contributed by atoms with Crippen LogP contribution in [0.3, 0.4) is 0 Å². The zero-order valence-corrected chi connectivity index (χ0v) is 17.7. The van der Waals surface area contributed by atoms with Crippen LogP contribution in [-0.4, -0.2) is 30.9 Å². The molecule has 0 aliphatic heterocycles. The lowest BCUT2D eigenvalue weighted by atomic mass is 10.2. The molecule has 3 rings (SSSR count). The van der Waals surface area contributed by atoms with Crippen LogP contribution >= 0.6 is 23.1 Å². The summed E-state index contributed by atoms with van der Waals surface area (Å²) in [5.74, 6) is 1.15. The number of hydrogen-bond donors (Lipinski definition) is 1. The molecule has 1 aromatic heterocycles. The Balaban J connectivity index is 1.71. The number of thioether (sulfide) groups is 1. The molecule has 1 heterocycles. The molecule has 0 fully saturated rings. The smallest absolute Gasteiger partial charge is 0.261 e. The lowest BCUT2D eigenvalue weighted by molar-refractivity contribution is 0.102. The van der Waals surface area contributed by atoms with Crippen molar-refractivity contribution in [2.24, 2.45) is 0 Å². The van der Waals surface area contributed by atoms with E-state index in [2.05, 4.69) is 17.2 Å². The number of rotatable bonds is 8. The highest BCUT2D eigenvalue weighted by Crippen LogP contribution is 2.29. The van der Waals surface area contributed by atoms with E-state index in [9.17, 15) is 4.79 Å². The molecule has 7 heteroatoms. The van der Waals surface area contributed by atoms with Crippen molar-refractivity contribution in [2.45, 2.75) is 18.2 Å². The molecule has 2 aromatic carbocycles. The number of carbonyl (C=O) groups is 1. The third-order valence-electron chi connectivity index (χ3n) is 4.00. The third-order valence-corrected chi connectivity index (χ3v) is 5.48. The number of hydrogen-bond acceptors (Lipinski definition) is 6. The van der Waals surface area contributed by atoms with Gasteiger partial charge in [-0.15, -0.1) is 23.1 Å². The fourth-order valence-corrected chi connectivity index (χ4v) is 3.70. The zero-order valence-electron chi connectivity index (χ0n) is 16.0. The Kier molecular flexibility index (Phi) is 6.95. The molecule has 0 saturated heterocycles. The molecule has 0 bridgehead atoms. The van der Waals surface area contributed by atoms with Crippen LogP contribution in [-0.2, 0) is 0 Å². The second-order valence-corrected chi connectivity index (χ2v) is 7.67. The number of thiazole rings is 1. The summed E-state index contributed by atoms with van der Waals surface area (Å²) in [5.41, 5.74) is 2.27. The van der Waals surface area contributed by atoms with Gasteiger partial charge in [-0.1, -0.05) is 6.92 Å². The largest absolute Gasteiger partial charge is 0.496 e. The fourth-order valence-electron chi connectivity index (χ4n) is 2.56. The van der Waals surface area contributed by atoms with Crippen molar-refractivity contribution >= 4 is 34.1 Å². The fraction of sp³-hybridized carbons (Fsp3) is 0.238. The van der Waals surface area contributed by atoms with E-state index in [-0.39, 0.29) is 5.91 Å². The van der Waals surface area contributed by atoms with Gasteiger partial charge in [-0.3, -0.25) is 10.1 Å². The Morgan fingerprint density at radius 1 is 1.21 bits per heavy atom. The van der Waals surface area contributed by atoms with E-state index < -0.39 is 0 Å². The van der Waals surface area contributed by atoms with Crippen LogP contribution in [0.1, 0.15) is 23.7 Å². The van der Waals surface area contributed by atoms with Crippen LogP contribution in [0.25, 0.3) is 11.3 Å². The average Bonchev–Trinajstić information content (AvgIpc) is 3.20. The first kappa shape index (κ1) is 20.2. The van der Waals surface area contributed by atoms with Gasteiger partial charge in [-0.05, 0) is 55.1 Å². The van der Waals surface area contributed by atoms with Gasteiger partial charge < -0.3 is 9.47 Å². The van der Waals surface area contributed by atoms with Crippen molar-refractivity contribution in [1.29, 1.82) is 0 Å². The van der Waals surface area contributed by atoms with E-state index in [0.29, 0.717) is 23.1 Å². The number of methoxy groups -OCH3 is 1. The van der Waals surface area contributed by atoms with Gasteiger partial charge in [0, 0.05) is 15.8 Å². The van der Waals surface area contributed by atoms with Crippen molar-refractivity contribution in [3.05, 3.63) is 53.4 Å². The number of ether oxygens (including phenoxy) is 2. The summed E-state index contributed by atoms with van der Waals surface area (Å²) in [5, 5.41) is 5.32. The SMILES string of the molecule is CCCOc1ccc(-c2csc(NC(=O)c3ccc(SC)cc3OC)n2)cc1. The monoisotopic (exact) mass is 414 g/mol. The lowest BCUT2D eigenvalue weighted by Crippen LogP contribution is -2.13. The van der Waals surface area contributed by atoms with Crippen LogP contribution in [0.4, 0.5) is 5.13 Å². The Bertz CT molecular complexity index is 939. The quantitative estimate of drug-likeness (QED) is 0.488. The molecule has 0 spiro atoms. The van der Waals surface area contributed by atoms with Gasteiger partial charge in [0.25, 0.3) is 5.91 Å². The summed E-state index contributed by atoms with van der Waals surface area (Å²) in [6.45, 7) is 2.78. The second-order valence-electron chi connectivity index (χ2n) is 5.93. The molecule has 146 valence electrons. The molecule has 0 saturated carbocycles. The maximum atomic E-state index is 12.6. The number of carbonyl (C=O) groups excluding carboxylic acids is 1. The van der Waals surface area contributed by atoms with Gasteiger partial charge in [0.05, 0.1) is 25.0 Å². The van der Waals surface area contributed by atoms with Crippen LogP contribution in [0, 0.1) is 0 Å². The van der Waals surface area contributed by atoms with Crippen molar-refractivity contribution in [2.75, 3.05) is 25.3 Å². The van der Waals surface area contributed by atoms with Gasteiger partial charge in [0.2, 0.25) is 0 Å². The highest BCUT2D eigenvalue weighted by atomic mass is 32.2. The molecule has 0 aliphatic rings. The summed E-state index contributed by atoms with van der Waals surface area (Å²) in [6, 6.07) is 13.3. The Labute approximate surface area is 173 Å². The van der Waals surface area contributed by atoms with Crippen molar-refractivity contribution in [1.82, 2.24) is 4.98 Å². The van der Waals surface area contributed by atoms with E-state index in [1.807, 2.05) is 48.0 Å². The van der Waals surface area contributed by atoms with Gasteiger partial charge >= 0.3 is 0 Å². The van der Waals surface area contributed by atoms with Crippen molar-refractivity contribution in [3.8, 4) is 22.8 Å².